The van der Waals surface area contributed by atoms with E-state index in [-0.39, 0.29) is 0 Å². The fourth-order valence-corrected chi connectivity index (χ4v) is 2.80. The van der Waals surface area contributed by atoms with Crippen molar-refractivity contribution in [1.82, 2.24) is 10.2 Å². The first-order valence-corrected chi connectivity index (χ1v) is 5.54. The zero-order valence-electron chi connectivity index (χ0n) is 8.37. The Morgan fingerprint density at radius 1 is 1.50 bits per heavy atom. The Bertz CT molecular complexity index is 462. The van der Waals surface area contributed by atoms with E-state index >= 15 is 0 Å². The lowest BCUT2D eigenvalue weighted by atomic mass is 10.2. The first kappa shape index (κ1) is 9.40. The normalized spacial score (nSPS) is 11.0. The van der Waals surface area contributed by atoms with Crippen LogP contribution >= 0.6 is 11.3 Å². The fraction of sp³-hybridized carbons (Fsp3) is 0.400. The van der Waals surface area contributed by atoms with E-state index in [1.807, 2.05) is 0 Å². The van der Waals surface area contributed by atoms with Crippen LogP contribution in [0, 0.1) is 6.92 Å². The van der Waals surface area contributed by atoms with Crippen LogP contribution in [-0.2, 0) is 6.42 Å². The molecular weight excluding hydrogens is 194 g/mol. The Morgan fingerprint density at radius 2 is 2.29 bits per heavy atom. The second kappa shape index (κ2) is 3.53. The number of nitrogens with two attached hydrogens (primary N) is 1. The van der Waals surface area contributed by atoms with E-state index in [0.717, 1.165) is 28.7 Å². The van der Waals surface area contributed by atoms with Crippen molar-refractivity contribution in [3.8, 4) is 0 Å². The highest BCUT2D eigenvalue weighted by molar-refractivity contribution is 7.19. The van der Waals surface area contributed by atoms with Crippen LogP contribution in [0.4, 0.5) is 5.69 Å². The molecule has 0 aliphatic rings. The SMILES string of the molecule is CCCc1sc2c(N)cnnc2c1C. The quantitative estimate of drug-likeness (QED) is 0.823. The molecule has 0 spiro atoms. The molecular formula is C10H13N3S. The zero-order chi connectivity index (χ0) is 10.1. The maximum Gasteiger partial charge on any atom is 0.109 e. The molecule has 4 heteroatoms. The molecule has 0 unspecified atom stereocenters. The van der Waals surface area contributed by atoms with Gasteiger partial charge >= 0.3 is 0 Å². The minimum absolute atomic E-state index is 0.741. The van der Waals surface area contributed by atoms with E-state index in [2.05, 4.69) is 24.0 Å². The molecule has 0 fully saturated rings. The number of hydrogen-bond donors (Lipinski definition) is 1. The van der Waals surface area contributed by atoms with Gasteiger partial charge in [0.2, 0.25) is 0 Å². The summed E-state index contributed by atoms with van der Waals surface area (Å²) in [5.41, 5.74) is 8.80. The van der Waals surface area contributed by atoms with Gasteiger partial charge in [-0.15, -0.1) is 16.4 Å². The van der Waals surface area contributed by atoms with Crippen molar-refractivity contribution in [3.05, 3.63) is 16.6 Å². The summed E-state index contributed by atoms with van der Waals surface area (Å²) < 4.78 is 1.08. The summed E-state index contributed by atoms with van der Waals surface area (Å²) in [7, 11) is 0. The monoisotopic (exact) mass is 207 g/mol. The Labute approximate surface area is 87.0 Å². The third kappa shape index (κ3) is 1.35. The number of thiophene rings is 1. The van der Waals surface area contributed by atoms with Crippen LogP contribution in [0.1, 0.15) is 23.8 Å². The molecule has 2 rings (SSSR count). The Hall–Kier alpha value is -1.16. The third-order valence-electron chi connectivity index (χ3n) is 2.31. The van der Waals surface area contributed by atoms with Crippen molar-refractivity contribution in [2.45, 2.75) is 26.7 Å². The van der Waals surface area contributed by atoms with Gasteiger partial charge in [-0.05, 0) is 18.9 Å². The van der Waals surface area contributed by atoms with Gasteiger partial charge in [0.05, 0.1) is 16.6 Å². The molecule has 0 aliphatic heterocycles. The van der Waals surface area contributed by atoms with Gasteiger partial charge in [-0.2, -0.15) is 5.10 Å². The lowest BCUT2D eigenvalue weighted by molar-refractivity contribution is 0.932. The summed E-state index contributed by atoms with van der Waals surface area (Å²) in [6.07, 6.45) is 3.88. The average Bonchev–Trinajstić information content (AvgIpc) is 2.48. The number of aryl methyl sites for hydroxylation is 2. The van der Waals surface area contributed by atoms with Gasteiger partial charge in [0.15, 0.2) is 0 Å². The molecule has 3 nitrogen and oxygen atoms in total. The summed E-state index contributed by atoms with van der Waals surface area (Å²) in [5.74, 6) is 0. The van der Waals surface area contributed by atoms with Crippen LogP contribution in [0.5, 0.6) is 0 Å². The molecule has 0 saturated carbocycles. The van der Waals surface area contributed by atoms with Crippen LogP contribution in [0.25, 0.3) is 10.2 Å². The number of fused-ring (bicyclic) bond motifs is 1. The van der Waals surface area contributed by atoms with Crippen LogP contribution in [0.2, 0.25) is 0 Å². The van der Waals surface area contributed by atoms with Crippen molar-refractivity contribution in [3.63, 3.8) is 0 Å². The summed E-state index contributed by atoms with van der Waals surface area (Å²) in [6.45, 7) is 4.27. The molecule has 0 amide bonds. The highest BCUT2D eigenvalue weighted by Crippen LogP contribution is 2.32. The number of nitrogen functional groups attached to an aromatic ring is 1. The van der Waals surface area contributed by atoms with E-state index < -0.39 is 0 Å². The molecule has 74 valence electrons. The van der Waals surface area contributed by atoms with E-state index in [9.17, 15) is 0 Å². The maximum absolute atomic E-state index is 5.84. The number of anilines is 1. The minimum Gasteiger partial charge on any atom is -0.396 e. The standard InChI is InChI=1S/C10H13N3S/c1-3-4-8-6(2)9-10(14-8)7(11)5-12-13-9/h5H,3-4H2,1-2H3,(H2,11,13). The molecule has 2 aromatic rings. The van der Waals surface area contributed by atoms with Crippen molar-refractivity contribution in [2.24, 2.45) is 0 Å². The van der Waals surface area contributed by atoms with Crippen LogP contribution in [0.15, 0.2) is 6.20 Å². The minimum atomic E-state index is 0.741. The van der Waals surface area contributed by atoms with Crippen molar-refractivity contribution < 1.29 is 0 Å². The van der Waals surface area contributed by atoms with Gasteiger partial charge in [0.25, 0.3) is 0 Å². The summed E-state index contributed by atoms with van der Waals surface area (Å²) in [5, 5.41) is 8.00. The number of nitrogens with zero attached hydrogens (tertiary/aromatic N) is 2. The average molecular weight is 207 g/mol. The van der Waals surface area contributed by atoms with Gasteiger partial charge < -0.3 is 5.73 Å². The Kier molecular flexibility index (Phi) is 2.37. The third-order valence-corrected chi connectivity index (χ3v) is 3.70. The maximum atomic E-state index is 5.84. The van der Waals surface area contributed by atoms with E-state index in [0.29, 0.717) is 0 Å². The van der Waals surface area contributed by atoms with Crippen LogP contribution in [0.3, 0.4) is 0 Å². The van der Waals surface area contributed by atoms with Gasteiger partial charge in [-0.3, -0.25) is 0 Å². The molecule has 2 N–H and O–H groups in total. The number of hydrogen-bond acceptors (Lipinski definition) is 4. The predicted octanol–water partition coefficient (Wildman–Crippen LogP) is 2.53. The second-order valence-electron chi connectivity index (χ2n) is 3.38. The summed E-state index contributed by atoms with van der Waals surface area (Å²) >= 11 is 1.75. The van der Waals surface area contributed by atoms with Gasteiger partial charge in [0, 0.05) is 4.88 Å². The smallest absolute Gasteiger partial charge is 0.109 e. The lowest BCUT2D eigenvalue weighted by Gasteiger charge is -1.93. The van der Waals surface area contributed by atoms with E-state index in [1.165, 1.54) is 10.4 Å². The Balaban J connectivity index is 2.67. The lowest BCUT2D eigenvalue weighted by Crippen LogP contribution is -1.89. The molecule has 14 heavy (non-hydrogen) atoms. The summed E-state index contributed by atoms with van der Waals surface area (Å²) in [4.78, 5) is 1.38. The van der Waals surface area contributed by atoms with E-state index in [1.54, 1.807) is 17.5 Å². The topological polar surface area (TPSA) is 51.8 Å². The predicted molar refractivity (Wildman–Crippen MR) is 60.6 cm³/mol. The first-order valence-electron chi connectivity index (χ1n) is 4.73. The van der Waals surface area contributed by atoms with Gasteiger partial charge in [0.1, 0.15) is 5.52 Å². The molecule has 0 bridgehead atoms. The highest BCUT2D eigenvalue weighted by Gasteiger charge is 2.11. The summed E-state index contributed by atoms with van der Waals surface area (Å²) in [6, 6.07) is 0. The van der Waals surface area contributed by atoms with E-state index in [4.69, 9.17) is 5.73 Å². The molecule has 2 heterocycles. The number of rotatable bonds is 2. The highest BCUT2D eigenvalue weighted by atomic mass is 32.1. The van der Waals surface area contributed by atoms with Crippen molar-refractivity contribution >= 4 is 27.2 Å². The molecule has 0 saturated heterocycles. The van der Waals surface area contributed by atoms with Gasteiger partial charge in [-0.1, -0.05) is 13.3 Å². The number of aromatic nitrogens is 2. The molecule has 2 aromatic heterocycles. The van der Waals surface area contributed by atoms with Crippen LogP contribution in [-0.4, -0.2) is 10.2 Å². The van der Waals surface area contributed by atoms with Crippen molar-refractivity contribution in [1.29, 1.82) is 0 Å². The first-order chi connectivity index (χ1) is 6.74. The zero-order valence-corrected chi connectivity index (χ0v) is 9.19. The molecule has 0 radical (unpaired) electrons. The Morgan fingerprint density at radius 3 is 2.93 bits per heavy atom. The van der Waals surface area contributed by atoms with Gasteiger partial charge in [-0.25, -0.2) is 0 Å². The molecule has 0 aliphatic carbocycles. The fourth-order valence-electron chi connectivity index (χ4n) is 1.54. The second-order valence-corrected chi connectivity index (χ2v) is 4.48. The van der Waals surface area contributed by atoms with Crippen LogP contribution < -0.4 is 5.73 Å². The molecule has 0 atom stereocenters. The largest absolute Gasteiger partial charge is 0.396 e. The van der Waals surface area contributed by atoms with Crippen molar-refractivity contribution in [2.75, 3.05) is 5.73 Å². The molecule has 0 aromatic carbocycles.